The molecule has 1 aliphatic rings. The molecule has 1 aliphatic heterocycles. The Morgan fingerprint density at radius 3 is 2.75 bits per heavy atom. The van der Waals surface area contributed by atoms with Gasteiger partial charge in [0.25, 0.3) is 0 Å². The molecule has 1 aromatic rings. The molecule has 0 aromatic heterocycles. The molecule has 1 fully saturated rings. The molecule has 0 spiro atoms. The van der Waals surface area contributed by atoms with Gasteiger partial charge in [-0.3, -0.25) is 0 Å². The number of ether oxygens (including phenoxy) is 1. The van der Waals surface area contributed by atoms with Crippen LogP contribution in [0.1, 0.15) is 19.8 Å². The van der Waals surface area contributed by atoms with Crippen LogP contribution in [0.15, 0.2) is 24.3 Å². The number of halogens is 3. The molecule has 1 heterocycles. The smallest absolute Gasteiger partial charge is 0.406 e. The van der Waals surface area contributed by atoms with Crippen LogP contribution in [0.25, 0.3) is 0 Å². The van der Waals surface area contributed by atoms with Crippen molar-refractivity contribution in [3.8, 4) is 5.75 Å². The van der Waals surface area contributed by atoms with Crippen LogP contribution in [0.3, 0.4) is 0 Å². The van der Waals surface area contributed by atoms with Crippen molar-refractivity contribution < 1.29 is 23.0 Å². The van der Waals surface area contributed by atoms with E-state index in [4.69, 9.17) is 0 Å². The van der Waals surface area contributed by atoms with Crippen LogP contribution in [-0.4, -0.2) is 29.8 Å². The summed E-state index contributed by atoms with van der Waals surface area (Å²) in [5.74, 6) is -0.317. The Balaban J connectivity index is 1.97. The minimum atomic E-state index is -4.72. The largest absolute Gasteiger partial charge is 0.573 e. The number of hydrogen-bond donors (Lipinski definition) is 3. The van der Waals surface area contributed by atoms with Crippen molar-refractivity contribution in [3.63, 3.8) is 0 Å². The third-order valence-electron chi connectivity index (χ3n) is 3.17. The molecule has 112 valence electrons. The molecule has 3 N–H and O–H groups in total. The normalized spacial score (nSPS) is 24.4. The summed E-state index contributed by atoms with van der Waals surface area (Å²) < 4.78 is 40.2. The number of anilines is 1. The van der Waals surface area contributed by atoms with E-state index in [1.807, 2.05) is 6.92 Å². The van der Waals surface area contributed by atoms with E-state index >= 15 is 0 Å². The number of benzene rings is 1. The highest BCUT2D eigenvalue weighted by atomic mass is 19.4. The Morgan fingerprint density at radius 1 is 1.40 bits per heavy atom. The number of nitrogens with one attached hydrogen (secondary N) is 2. The Labute approximate surface area is 114 Å². The topological polar surface area (TPSA) is 53.5 Å². The summed E-state index contributed by atoms with van der Waals surface area (Å²) in [7, 11) is 0. The van der Waals surface area contributed by atoms with Crippen molar-refractivity contribution in [2.45, 2.75) is 44.4 Å². The van der Waals surface area contributed by atoms with Crippen LogP contribution in [0, 0.1) is 0 Å². The predicted octanol–water partition coefficient (Wildman–Crippen LogP) is 2.46. The lowest BCUT2D eigenvalue weighted by molar-refractivity contribution is -0.274. The van der Waals surface area contributed by atoms with Gasteiger partial charge in [0, 0.05) is 17.8 Å². The zero-order chi connectivity index (χ0) is 14.8. The molecule has 1 aromatic carbocycles. The Hall–Kier alpha value is -1.47. The standard InChI is InChI=1S/C13H17F3N2O2/c1-8-5-6-11(17-8)12(19)18-9-3-2-4-10(7-9)20-13(14,15)16/h2-4,7-8,11-12,17-19H,5-6H2,1H3. The highest BCUT2D eigenvalue weighted by Crippen LogP contribution is 2.26. The van der Waals surface area contributed by atoms with E-state index in [1.165, 1.54) is 18.2 Å². The summed E-state index contributed by atoms with van der Waals surface area (Å²) in [4.78, 5) is 0. The van der Waals surface area contributed by atoms with Crippen LogP contribution in [0.5, 0.6) is 5.75 Å². The lowest BCUT2D eigenvalue weighted by atomic mass is 10.2. The zero-order valence-electron chi connectivity index (χ0n) is 10.9. The SMILES string of the molecule is CC1CCC(C(O)Nc2cccc(OC(F)(F)F)c2)N1. The van der Waals surface area contributed by atoms with E-state index in [0.29, 0.717) is 11.7 Å². The van der Waals surface area contributed by atoms with E-state index in [9.17, 15) is 18.3 Å². The van der Waals surface area contributed by atoms with Gasteiger partial charge in [0.05, 0.1) is 6.04 Å². The van der Waals surface area contributed by atoms with Gasteiger partial charge in [-0.15, -0.1) is 13.2 Å². The van der Waals surface area contributed by atoms with Gasteiger partial charge in [-0.25, -0.2) is 0 Å². The van der Waals surface area contributed by atoms with Crippen molar-refractivity contribution >= 4 is 5.69 Å². The monoisotopic (exact) mass is 290 g/mol. The highest BCUT2D eigenvalue weighted by molar-refractivity contribution is 5.48. The maximum absolute atomic E-state index is 12.1. The van der Waals surface area contributed by atoms with Crippen molar-refractivity contribution in [3.05, 3.63) is 24.3 Å². The first-order valence-corrected chi connectivity index (χ1v) is 6.40. The summed E-state index contributed by atoms with van der Waals surface area (Å²) in [6, 6.07) is 5.63. The molecule has 0 saturated carbocycles. The van der Waals surface area contributed by atoms with Gasteiger partial charge in [-0.2, -0.15) is 0 Å². The second-order valence-corrected chi connectivity index (χ2v) is 4.92. The van der Waals surface area contributed by atoms with Crippen LogP contribution in [-0.2, 0) is 0 Å². The molecule has 0 bridgehead atoms. The maximum Gasteiger partial charge on any atom is 0.573 e. The molecule has 4 nitrogen and oxygen atoms in total. The molecule has 0 amide bonds. The third-order valence-corrected chi connectivity index (χ3v) is 3.17. The van der Waals surface area contributed by atoms with Gasteiger partial charge in [0.2, 0.25) is 0 Å². The molecule has 0 aliphatic carbocycles. The van der Waals surface area contributed by atoms with Crippen LogP contribution in [0.4, 0.5) is 18.9 Å². The zero-order valence-corrected chi connectivity index (χ0v) is 10.9. The number of aliphatic hydroxyl groups excluding tert-OH is 1. The summed E-state index contributed by atoms with van der Waals surface area (Å²) in [5.41, 5.74) is 0.376. The fraction of sp³-hybridized carbons (Fsp3) is 0.538. The molecule has 7 heteroatoms. The Kier molecular flexibility index (Phi) is 4.39. The number of aliphatic hydroxyl groups is 1. The van der Waals surface area contributed by atoms with E-state index in [-0.39, 0.29) is 11.8 Å². The van der Waals surface area contributed by atoms with E-state index in [0.717, 1.165) is 12.8 Å². The van der Waals surface area contributed by atoms with Crippen molar-refractivity contribution in [1.29, 1.82) is 0 Å². The fourth-order valence-corrected chi connectivity index (χ4v) is 2.27. The van der Waals surface area contributed by atoms with Crippen LogP contribution < -0.4 is 15.4 Å². The summed E-state index contributed by atoms with van der Waals surface area (Å²) in [6.45, 7) is 2.02. The molecule has 0 radical (unpaired) electrons. The molecular formula is C13H17F3N2O2. The second kappa shape index (κ2) is 5.88. The number of hydrogen-bond acceptors (Lipinski definition) is 4. The van der Waals surface area contributed by atoms with Crippen molar-refractivity contribution in [2.75, 3.05) is 5.32 Å². The molecule has 2 rings (SSSR count). The molecule has 3 atom stereocenters. The van der Waals surface area contributed by atoms with Gasteiger partial charge in [0.1, 0.15) is 12.0 Å². The summed E-state index contributed by atoms with van der Waals surface area (Å²) >= 11 is 0. The molecule has 3 unspecified atom stereocenters. The lowest BCUT2D eigenvalue weighted by Gasteiger charge is -2.21. The average Bonchev–Trinajstić information content (AvgIpc) is 2.74. The third kappa shape index (κ3) is 4.28. The quantitative estimate of drug-likeness (QED) is 0.746. The van der Waals surface area contributed by atoms with Crippen molar-refractivity contribution in [1.82, 2.24) is 5.32 Å². The summed E-state index contributed by atoms with van der Waals surface area (Å²) in [6.07, 6.45) is -3.81. The van der Waals surface area contributed by atoms with Crippen LogP contribution >= 0.6 is 0 Å². The van der Waals surface area contributed by atoms with E-state index < -0.39 is 12.6 Å². The summed E-state index contributed by atoms with van der Waals surface area (Å²) in [5, 5.41) is 16.0. The second-order valence-electron chi connectivity index (χ2n) is 4.92. The number of alkyl halides is 3. The lowest BCUT2D eigenvalue weighted by Crippen LogP contribution is -2.41. The predicted molar refractivity (Wildman–Crippen MR) is 68.4 cm³/mol. The van der Waals surface area contributed by atoms with E-state index in [2.05, 4.69) is 15.4 Å². The highest BCUT2D eigenvalue weighted by Gasteiger charge is 2.31. The van der Waals surface area contributed by atoms with Gasteiger partial charge in [-0.05, 0) is 31.9 Å². The first-order valence-electron chi connectivity index (χ1n) is 6.40. The Morgan fingerprint density at radius 2 is 2.15 bits per heavy atom. The van der Waals surface area contributed by atoms with E-state index in [1.54, 1.807) is 6.07 Å². The minimum Gasteiger partial charge on any atom is -0.406 e. The first-order chi connectivity index (χ1) is 9.33. The number of rotatable bonds is 4. The minimum absolute atomic E-state index is 0.114. The van der Waals surface area contributed by atoms with Gasteiger partial charge in [-0.1, -0.05) is 6.07 Å². The molecule has 1 saturated heterocycles. The van der Waals surface area contributed by atoms with Gasteiger partial charge < -0.3 is 20.5 Å². The van der Waals surface area contributed by atoms with Crippen LogP contribution in [0.2, 0.25) is 0 Å². The van der Waals surface area contributed by atoms with Gasteiger partial charge in [0.15, 0.2) is 0 Å². The Bertz CT molecular complexity index is 453. The fourth-order valence-electron chi connectivity index (χ4n) is 2.27. The van der Waals surface area contributed by atoms with Crippen molar-refractivity contribution in [2.24, 2.45) is 0 Å². The maximum atomic E-state index is 12.1. The van der Waals surface area contributed by atoms with Gasteiger partial charge >= 0.3 is 6.36 Å². The molecule has 20 heavy (non-hydrogen) atoms. The first kappa shape index (κ1) is 14.9. The molecular weight excluding hydrogens is 273 g/mol. The average molecular weight is 290 g/mol.